The molecule has 0 unspecified atom stereocenters. The van der Waals surface area contributed by atoms with E-state index in [9.17, 15) is 14.4 Å². The van der Waals surface area contributed by atoms with Gasteiger partial charge in [0.1, 0.15) is 0 Å². The van der Waals surface area contributed by atoms with Crippen LogP contribution < -0.4 is 9.47 Å². The molecule has 0 aliphatic rings. The predicted molar refractivity (Wildman–Crippen MR) is 122 cm³/mol. The van der Waals surface area contributed by atoms with Crippen molar-refractivity contribution < 1.29 is 33.3 Å². The number of esters is 2. The molecule has 0 saturated carbocycles. The van der Waals surface area contributed by atoms with Crippen LogP contribution in [0.2, 0.25) is 5.02 Å². The molecule has 0 atom stereocenters. The molecule has 0 aromatic heterocycles. The molecule has 0 heterocycles. The van der Waals surface area contributed by atoms with Gasteiger partial charge in [-0.15, -0.1) is 0 Å². The highest BCUT2D eigenvalue weighted by Crippen LogP contribution is 2.41. The van der Waals surface area contributed by atoms with Crippen molar-refractivity contribution in [2.45, 2.75) is 34.6 Å². The van der Waals surface area contributed by atoms with E-state index in [1.807, 2.05) is 0 Å². The Hall–Kier alpha value is -2.48. The fraction of sp³-hybridized carbons (Fsp3) is 0.458. The van der Waals surface area contributed by atoms with Gasteiger partial charge >= 0.3 is 11.9 Å². The minimum Gasteiger partial charge on any atom is -0.422 e. The van der Waals surface area contributed by atoms with Crippen LogP contribution in [-0.4, -0.2) is 45.2 Å². The first-order valence-electron chi connectivity index (χ1n) is 10.0. The Balaban J connectivity index is 2.71. The van der Waals surface area contributed by atoms with E-state index in [2.05, 4.69) is 0 Å². The summed E-state index contributed by atoms with van der Waals surface area (Å²) in [5.41, 5.74) is -1.89. The molecule has 0 spiro atoms. The summed E-state index contributed by atoms with van der Waals surface area (Å²) in [5.74, 6) is -1.80. The Bertz CT molecular complexity index is 1040. The van der Waals surface area contributed by atoms with Gasteiger partial charge in [0.15, 0.2) is 17.3 Å². The number of Topliss-reactive ketones (excluding diaryl/α,β-unsaturated/α-hetero) is 1. The van der Waals surface area contributed by atoms with Crippen LogP contribution in [-0.2, 0) is 19.1 Å². The first kappa shape index (κ1) is 25.8. The van der Waals surface area contributed by atoms with Gasteiger partial charge in [-0.25, -0.2) is 0 Å². The average molecular weight is 465 g/mol. The van der Waals surface area contributed by atoms with Crippen LogP contribution in [0.4, 0.5) is 0 Å². The second kappa shape index (κ2) is 9.98. The summed E-state index contributed by atoms with van der Waals surface area (Å²) in [6.45, 7) is 8.18. The largest absolute Gasteiger partial charge is 0.422 e. The normalized spacial score (nSPS) is 12.0. The number of benzene rings is 2. The number of halogens is 1. The zero-order valence-corrected chi connectivity index (χ0v) is 20.2. The molecular weight excluding hydrogens is 436 g/mol. The molecule has 2 rings (SSSR count). The molecule has 0 saturated heterocycles. The lowest BCUT2D eigenvalue weighted by Gasteiger charge is -2.25. The molecule has 2 aromatic carbocycles. The van der Waals surface area contributed by atoms with Gasteiger partial charge in [0.2, 0.25) is 0 Å². The Labute approximate surface area is 192 Å². The fourth-order valence-electron chi connectivity index (χ4n) is 3.16. The second-order valence-corrected chi connectivity index (χ2v) is 9.35. The van der Waals surface area contributed by atoms with Crippen LogP contribution in [0, 0.1) is 10.8 Å². The van der Waals surface area contributed by atoms with E-state index in [0.717, 1.165) is 0 Å². The first-order chi connectivity index (χ1) is 14.8. The standard InChI is InChI=1S/C24H29ClO7/c1-14(26)19-17-11-16(25)9-8-15(17)10-18(31-21(27)23(2,3)12-29-6)20(19)32-22(28)24(4,5)13-30-7/h8-11H,12-13H2,1-7H3. The maximum absolute atomic E-state index is 12.9. The molecule has 8 heteroatoms. The smallest absolute Gasteiger partial charge is 0.319 e. The minimum absolute atomic E-state index is 0.0410. The highest BCUT2D eigenvalue weighted by atomic mass is 35.5. The molecule has 0 N–H and O–H groups in total. The molecule has 0 bridgehead atoms. The molecule has 0 amide bonds. The van der Waals surface area contributed by atoms with Gasteiger partial charge in [0.25, 0.3) is 0 Å². The Morgan fingerprint density at radius 3 is 1.91 bits per heavy atom. The van der Waals surface area contributed by atoms with Crippen molar-refractivity contribution in [3.63, 3.8) is 0 Å². The maximum atomic E-state index is 12.9. The quantitative estimate of drug-likeness (QED) is 0.297. The van der Waals surface area contributed by atoms with Crippen molar-refractivity contribution in [2.24, 2.45) is 10.8 Å². The van der Waals surface area contributed by atoms with Crippen molar-refractivity contribution in [3.05, 3.63) is 34.9 Å². The summed E-state index contributed by atoms with van der Waals surface area (Å²) in [6, 6.07) is 6.50. The third-order valence-electron chi connectivity index (χ3n) is 4.89. The fourth-order valence-corrected chi connectivity index (χ4v) is 3.33. The summed E-state index contributed by atoms with van der Waals surface area (Å²) in [4.78, 5) is 38.5. The number of hydrogen-bond acceptors (Lipinski definition) is 7. The van der Waals surface area contributed by atoms with Crippen molar-refractivity contribution in [1.82, 2.24) is 0 Å². The Morgan fingerprint density at radius 2 is 1.41 bits per heavy atom. The van der Waals surface area contributed by atoms with Crippen LogP contribution in [0.3, 0.4) is 0 Å². The zero-order chi connectivity index (χ0) is 24.3. The average Bonchev–Trinajstić information content (AvgIpc) is 2.67. The SMILES string of the molecule is COCC(C)(C)C(=O)Oc1cc2ccc(Cl)cc2c(C(C)=O)c1OC(=O)C(C)(C)COC. The van der Waals surface area contributed by atoms with Gasteiger partial charge < -0.3 is 18.9 Å². The predicted octanol–water partition coefficient (Wildman–Crippen LogP) is 4.85. The topological polar surface area (TPSA) is 88.1 Å². The van der Waals surface area contributed by atoms with Crippen LogP contribution in [0.25, 0.3) is 10.8 Å². The van der Waals surface area contributed by atoms with E-state index in [4.69, 9.17) is 30.5 Å². The monoisotopic (exact) mass is 464 g/mol. The number of rotatable bonds is 9. The summed E-state index contributed by atoms with van der Waals surface area (Å²) >= 11 is 6.15. The van der Waals surface area contributed by atoms with Gasteiger partial charge in [-0.2, -0.15) is 0 Å². The summed E-state index contributed by atoms with van der Waals surface area (Å²) < 4.78 is 21.6. The molecule has 32 heavy (non-hydrogen) atoms. The summed E-state index contributed by atoms with van der Waals surface area (Å²) in [6.07, 6.45) is 0. The molecule has 0 radical (unpaired) electrons. The molecule has 7 nitrogen and oxygen atoms in total. The van der Waals surface area contributed by atoms with E-state index in [1.165, 1.54) is 21.1 Å². The number of ether oxygens (including phenoxy) is 4. The maximum Gasteiger partial charge on any atom is 0.319 e. The van der Waals surface area contributed by atoms with Gasteiger partial charge in [-0.1, -0.05) is 17.7 Å². The molecular formula is C24H29ClO7. The number of carbonyl (C=O) groups excluding carboxylic acids is 3. The lowest BCUT2D eigenvalue weighted by atomic mass is 9.94. The lowest BCUT2D eigenvalue weighted by molar-refractivity contribution is -0.149. The number of fused-ring (bicyclic) bond motifs is 1. The number of methoxy groups -OCH3 is 2. The van der Waals surface area contributed by atoms with E-state index < -0.39 is 22.8 Å². The van der Waals surface area contributed by atoms with Crippen LogP contribution in [0.1, 0.15) is 45.0 Å². The highest BCUT2D eigenvalue weighted by Gasteiger charge is 2.35. The molecule has 0 fully saturated rings. The second-order valence-electron chi connectivity index (χ2n) is 8.91. The Morgan fingerprint density at radius 1 is 0.875 bits per heavy atom. The van der Waals surface area contributed by atoms with Crippen molar-refractivity contribution >= 4 is 40.1 Å². The van der Waals surface area contributed by atoms with Crippen molar-refractivity contribution in [2.75, 3.05) is 27.4 Å². The number of carbonyl (C=O) groups is 3. The van der Waals surface area contributed by atoms with Gasteiger partial charge in [-0.3, -0.25) is 14.4 Å². The van der Waals surface area contributed by atoms with Gasteiger partial charge in [-0.05, 0) is 63.6 Å². The first-order valence-corrected chi connectivity index (χ1v) is 10.4. The molecule has 0 aliphatic heterocycles. The van der Waals surface area contributed by atoms with Crippen LogP contribution in [0.5, 0.6) is 11.5 Å². The molecule has 174 valence electrons. The third kappa shape index (κ3) is 5.65. The summed E-state index contributed by atoms with van der Waals surface area (Å²) in [5, 5.41) is 1.49. The van der Waals surface area contributed by atoms with Crippen molar-refractivity contribution in [1.29, 1.82) is 0 Å². The van der Waals surface area contributed by atoms with Crippen LogP contribution in [0.15, 0.2) is 24.3 Å². The van der Waals surface area contributed by atoms with E-state index in [-0.39, 0.29) is 36.1 Å². The molecule has 0 aliphatic carbocycles. The summed E-state index contributed by atoms with van der Waals surface area (Å²) in [7, 11) is 2.95. The van der Waals surface area contributed by atoms with Crippen molar-refractivity contribution in [3.8, 4) is 11.5 Å². The lowest BCUT2D eigenvalue weighted by Crippen LogP contribution is -2.35. The van der Waals surface area contributed by atoms with Gasteiger partial charge in [0, 0.05) is 19.2 Å². The van der Waals surface area contributed by atoms with E-state index in [1.54, 1.807) is 52.0 Å². The molecule has 2 aromatic rings. The van der Waals surface area contributed by atoms with E-state index in [0.29, 0.717) is 15.8 Å². The zero-order valence-electron chi connectivity index (χ0n) is 19.5. The van der Waals surface area contributed by atoms with E-state index >= 15 is 0 Å². The van der Waals surface area contributed by atoms with Gasteiger partial charge in [0.05, 0.1) is 29.6 Å². The number of hydrogen-bond donors (Lipinski definition) is 0. The highest BCUT2D eigenvalue weighted by molar-refractivity contribution is 6.31. The third-order valence-corrected chi connectivity index (χ3v) is 5.12. The Kier molecular flexibility index (Phi) is 8.04. The number of ketones is 1. The minimum atomic E-state index is -1.01. The van der Waals surface area contributed by atoms with Crippen LogP contribution >= 0.6 is 11.6 Å².